The number of thioether (sulfide) groups is 7. The molecule has 112 heavy (non-hydrogen) atoms. The fraction of sp³-hybridized carbons (Fsp3) is 0.889. The molecule has 35 atom stereocenters. The van der Waals surface area contributed by atoms with Crippen molar-refractivity contribution in [1.82, 2.24) is 0 Å². The standard InChI is InChI=1S/C63H98O42S7/c64-29(65)1-8-106-15-22-50-36(78)43(85)57(92-22)100-51-23(16-107-9-2-30(66)67)94-59(45(87)38(51)80)102-53-25(18-109-11-4-32(70)71)96-61(47(89)40(53)82)104-55-27(20-111-13-6-34(74)75)98-63(49(91)42(55)84)105-56-28(21-112-14-7-35(76)77)97-62(48(90)41(56)83)103-54-26(19-110-12-5-33(72)73)95-60(46(88)39(54)81)101-52-24(17-108-10-3-31(68)69)93-58(99-50)44(86)37(52)79/h22-28,36-63,78-91H,1-21H2,(H,64,65)(H,66,67)(H,68,69)(H,70,71)(H,72,73)(H,74,75)(H,76,77)/t22-,23-,24-,25-,26+,27+,28+,36+,37+,38-,39-,40-,41-,42-,43+,44-,45+,46-,47-,48-,49-,50-,51-,52-,53-,54-,55-,56-,57-,58-,59-,60-,61-,62-,63-/m1/s1. The molecular weight excluding hydrogens is 1650 g/mol. The van der Waals surface area contributed by atoms with E-state index in [0.29, 0.717) is 0 Å². The fourth-order valence-electron chi connectivity index (χ4n) is 12.8. The van der Waals surface area contributed by atoms with Gasteiger partial charge in [-0.05, 0) is 0 Å². The normalized spacial score (nSPS) is 41.5. The van der Waals surface area contributed by atoms with Gasteiger partial charge in [-0.3, -0.25) is 33.6 Å². The third-order valence-electron chi connectivity index (χ3n) is 18.7. The molecule has 0 aromatic carbocycles. The maximum atomic E-state index is 12.2. The predicted octanol–water partition coefficient (Wildman–Crippen LogP) is -6.72. The van der Waals surface area contributed by atoms with Crippen molar-refractivity contribution in [1.29, 1.82) is 0 Å². The highest BCUT2D eigenvalue weighted by Crippen LogP contribution is 2.42. The Labute approximate surface area is 668 Å². The third kappa shape index (κ3) is 26.6. The Balaban J connectivity index is 1.21. The number of carboxylic acids is 7. The molecule has 42 nitrogen and oxygen atoms in total. The number of aliphatic carboxylic acids is 7. The molecule has 21 rings (SSSR count). The fourth-order valence-corrected chi connectivity index (χ4v) is 19.7. The zero-order valence-corrected chi connectivity index (χ0v) is 65.1. The van der Waals surface area contributed by atoms with Crippen molar-refractivity contribution in [2.24, 2.45) is 0 Å². The number of aliphatic hydroxyl groups excluding tert-OH is 14. The molecule has 0 spiro atoms. The van der Waals surface area contributed by atoms with Crippen LogP contribution in [0, 0.1) is 0 Å². The SMILES string of the molecule is O=C(O)CCSC[C@@H]1O[C@@H]2O[C@H]3[C@H](O)[C@@H](O)[C@@H](O[C@H]4[C@@H](O)[C@@H](O)[C@@H](O[C@H]5[C@@H](O)[C@H](O)[C@@H](O[C@H]6[C@H](O)[C@H](O)[C@@H](O[C@H]7[C@H](O)[C@@H](O)[C@@H](O[C@H]8[C@H](O)[C@@H](O)[C@@H](O[C@H]1[C@H](O)[C@H]2O)O[C@H]8CSCCC(=O)O)O[C@@H]7CSCCC(=O)O)O[C@@H]6CSCCC(=O)O)O[C@@H]5CSCCC(=O)O)O[C@@H]4CSCCC(=O)O)O[C@H]3CSCCC(=O)O. The maximum absolute atomic E-state index is 12.2. The van der Waals surface area contributed by atoms with Crippen LogP contribution in [0.5, 0.6) is 0 Å². The van der Waals surface area contributed by atoms with Gasteiger partial charge in [0.05, 0.1) is 87.7 Å². The van der Waals surface area contributed by atoms with Crippen LogP contribution in [-0.4, -0.2) is 445 Å². The van der Waals surface area contributed by atoms with E-state index in [2.05, 4.69) is 0 Å². The molecule has 0 aliphatic carbocycles. The van der Waals surface area contributed by atoms with Crippen LogP contribution in [0.2, 0.25) is 0 Å². The largest absolute Gasteiger partial charge is 0.481 e. The van der Waals surface area contributed by atoms with E-state index in [4.69, 9.17) is 66.3 Å². The molecule has 21 saturated heterocycles. The minimum Gasteiger partial charge on any atom is -0.481 e. The summed E-state index contributed by atoms with van der Waals surface area (Å²) < 4.78 is 87.3. The van der Waals surface area contributed by atoms with Crippen LogP contribution >= 0.6 is 82.3 Å². The van der Waals surface area contributed by atoms with Gasteiger partial charge in [-0.25, -0.2) is 0 Å². The van der Waals surface area contributed by atoms with Gasteiger partial charge >= 0.3 is 41.8 Å². The lowest BCUT2D eigenvalue weighted by molar-refractivity contribution is -0.389. The van der Waals surface area contributed by atoms with Crippen LogP contribution in [0.4, 0.5) is 0 Å². The Bertz CT molecular complexity index is 2440. The summed E-state index contributed by atoms with van der Waals surface area (Å²) in [6.07, 6.45) is -73.2. The molecule has 0 saturated carbocycles. The van der Waals surface area contributed by atoms with Crippen LogP contribution in [0.15, 0.2) is 0 Å². The van der Waals surface area contributed by atoms with Gasteiger partial charge in [0.1, 0.15) is 128 Å². The minimum absolute atomic E-state index is 0.126. The highest BCUT2D eigenvalue weighted by Gasteiger charge is 2.60. The van der Waals surface area contributed by atoms with Crippen molar-refractivity contribution >= 4 is 124 Å². The predicted molar refractivity (Wildman–Crippen MR) is 386 cm³/mol. The van der Waals surface area contributed by atoms with Crippen LogP contribution in [0.1, 0.15) is 44.9 Å². The Morgan fingerprint density at radius 3 is 0.384 bits per heavy atom. The highest BCUT2D eigenvalue weighted by molar-refractivity contribution is 8.00. The first-order chi connectivity index (χ1) is 53.1. The van der Waals surface area contributed by atoms with Gasteiger partial charge in [-0.1, -0.05) is 0 Å². The smallest absolute Gasteiger partial charge is 0.304 e. The summed E-state index contributed by atoms with van der Waals surface area (Å²) in [4.78, 5) is 81.9. The van der Waals surface area contributed by atoms with E-state index in [0.717, 1.165) is 82.3 Å². The van der Waals surface area contributed by atoms with Crippen molar-refractivity contribution in [2.75, 3.05) is 80.5 Å². The molecule has 21 aliphatic rings. The van der Waals surface area contributed by atoms with E-state index < -0.39 is 302 Å². The monoisotopic (exact) mass is 1750 g/mol. The lowest BCUT2D eigenvalue weighted by Crippen LogP contribution is -2.68. The molecule has 49 heteroatoms. The Morgan fingerprint density at radius 2 is 0.286 bits per heavy atom. The molecule has 0 radical (unpaired) electrons. The van der Waals surface area contributed by atoms with Gasteiger partial charge in [0.25, 0.3) is 0 Å². The van der Waals surface area contributed by atoms with Crippen LogP contribution in [0.3, 0.4) is 0 Å². The number of hydrogen-bond donors (Lipinski definition) is 21. The van der Waals surface area contributed by atoms with Gasteiger partial charge < -0.3 is 174 Å². The molecule has 644 valence electrons. The van der Waals surface area contributed by atoms with E-state index in [9.17, 15) is 141 Å². The average Bonchev–Trinajstić information content (AvgIpc) is 0.778. The van der Waals surface area contributed by atoms with Crippen molar-refractivity contribution in [3.8, 4) is 0 Å². The Kier molecular flexibility index (Phi) is 38.9. The summed E-state index contributed by atoms with van der Waals surface area (Å²) in [6.45, 7) is 0. The summed E-state index contributed by atoms with van der Waals surface area (Å²) in [5, 5.41) is 236. The molecule has 0 unspecified atom stereocenters. The number of rotatable bonds is 35. The number of carboxylic acid groups (broad SMARTS) is 7. The number of aliphatic hydroxyl groups is 14. The van der Waals surface area contributed by atoms with Crippen molar-refractivity contribution in [2.45, 2.75) is 260 Å². The van der Waals surface area contributed by atoms with Crippen molar-refractivity contribution < 1.29 is 207 Å². The molecular formula is C63H98O42S7. The van der Waals surface area contributed by atoms with Gasteiger partial charge in [0.15, 0.2) is 44.0 Å². The zero-order chi connectivity index (χ0) is 81.9. The van der Waals surface area contributed by atoms with Gasteiger partial charge in [-0.15, -0.1) is 0 Å². The highest BCUT2D eigenvalue weighted by atomic mass is 32.2. The summed E-state index contributed by atoms with van der Waals surface area (Å²) >= 11 is 6.34. The van der Waals surface area contributed by atoms with Gasteiger partial charge in [-0.2, -0.15) is 82.3 Å². The Hall–Kier alpha value is -2.38. The van der Waals surface area contributed by atoms with E-state index in [1.807, 2.05) is 0 Å². The topological polar surface area (TPSA) is 674 Å². The molecule has 21 heterocycles. The second-order valence-corrected chi connectivity index (χ2v) is 35.0. The first kappa shape index (κ1) is 95.1. The molecule has 21 fully saturated rings. The molecule has 0 amide bonds. The average molecular weight is 1750 g/mol. The second-order valence-electron chi connectivity index (χ2n) is 26.9. The van der Waals surface area contributed by atoms with Crippen LogP contribution < -0.4 is 0 Å². The molecule has 0 aromatic rings. The zero-order valence-electron chi connectivity index (χ0n) is 59.4. The molecule has 21 aliphatic heterocycles. The van der Waals surface area contributed by atoms with Crippen molar-refractivity contribution in [3.05, 3.63) is 0 Å². The number of ether oxygens (including phenoxy) is 14. The summed E-state index contributed by atoms with van der Waals surface area (Å²) in [5.41, 5.74) is 0. The van der Waals surface area contributed by atoms with Gasteiger partial charge in [0.2, 0.25) is 0 Å². The van der Waals surface area contributed by atoms with E-state index in [-0.39, 0.29) is 80.5 Å². The van der Waals surface area contributed by atoms with E-state index in [1.54, 1.807) is 0 Å². The first-order valence-corrected chi connectivity index (χ1v) is 43.5. The summed E-state index contributed by atoms with van der Waals surface area (Å²) in [6, 6.07) is 0. The lowest BCUT2D eigenvalue weighted by atomic mass is 9.95. The van der Waals surface area contributed by atoms with E-state index >= 15 is 0 Å². The molecule has 14 bridgehead atoms. The third-order valence-corrected chi connectivity index (χ3v) is 26.1. The van der Waals surface area contributed by atoms with Crippen molar-refractivity contribution in [3.63, 3.8) is 0 Å². The second kappa shape index (κ2) is 45.9. The maximum Gasteiger partial charge on any atom is 0.304 e. The van der Waals surface area contributed by atoms with E-state index in [1.165, 1.54) is 0 Å². The van der Waals surface area contributed by atoms with Gasteiger partial charge in [0, 0.05) is 80.5 Å². The molecule has 0 aromatic heterocycles. The molecule has 21 N–H and O–H groups in total. The quantitative estimate of drug-likeness (QED) is 0.0262. The first-order valence-electron chi connectivity index (χ1n) is 35.4. The van der Waals surface area contributed by atoms with Crippen LogP contribution in [0.25, 0.3) is 0 Å². The minimum atomic E-state index is -2.28. The summed E-state index contributed by atoms with van der Waals surface area (Å²) in [7, 11) is 0. The summed E-state index contributed by atoms with van der Waals surface area (Å²) in [5.74, 6) is -11.9. The lowest BCUT2D eigenvalue weighted by Gasteiger charge is -2.50. The number of hydrogen-bond acceptors (Lipinski definition) is 42. The Morgan fingerprint density at radius 1 is 0.179 bits per heavy atom. The number of carbonyl (C=O) groups is 7. The van der Waals surface area contributed by atoms with Crippen LogP contribution in [-0.2, 0) is 99.9 Å².